The van der Waals surface area contributed by atoms with E-state index in [-0.39, 0.29) is 0 Å². The third-order valence-corrected chi connectivity index (χ3v) is 4.34. The van der Waals surface area contributed by atoms with Crippen LogP contribution in [0.25, 0.3) is 0 Å². The highest BCUT2D eigenvalue weighted by molar-refractivity contribution is 5.31. The Labute approximate surface area is 166 Å². The zero-order valence-corrected chi connectivity index (χ0v) is 17.0. The first-order valence-corrected chi connectivity index (χ1v) is 9.34. The van der Waals surface area contributed by atoms with E-state index in [0.29, 0.717) is 26.4 Å². The molecule has 1 N–H and O–H groups in total. The highest BCUT2D eigenvalue weighted by atomic mass is 16.5. The Bertz CT molecular complexity index is 733. The van der Waals surface area contributed by atoms with E-state index in [9.17, 15) is 10.0 Å². The molecule has 0 amide bonds. The van der Waals surface area contributed by atoms with E-state index in [1.807, 2.05) is 48.5 Å². The summed E-state index contributed by atoms with van der Waals surface area (Å²) in [5.41, 5.74) is 0.0888. The molecule has 0 fully saturated rings. The van der Waals surface area contributed by atoms with Gasteiger partial charge in [-0.15, -0.1) is 4.91 Å². The largest absolute Gasteiger partial charge is 0.491 e. The zero-order chi connectivity index (χ0) is 20.6. The minimum absolute atomic E-state index is 0.426. The van der Waals surface area contributed by atoms with Crippen LogP contribution in [0.1, 0.15) is 38.8 Å². The SMILES string of the molecule is CC(C)(O)c1ccc(OCCOCCOc2ccc(C(C)(C)N=O)cc2)cc1. The van der Waals surface area contributed by atoms with Crippen LogP contribution < -0.4 is 9.47 Å². The molecular weight excluding hydrogens is 358 g/mol. The fourth-order valence-corrected chi connectivity index (χ4v) is 2.51. The van der Waals surface area contributed by atoms with E-state index in [2.05, 4.69) is 5.18 Å². The standard InChI is InChI=1S/C22H29NO5/c1-21(2,23-25)17-5-9-19(10-6-17)27-15-13-26-14-16-28-20-11-7-18(8-12-20)22(3,4)24/h5-12,24H,13-16H2,1-4H3. The molecule has 0 saturated carbocycles. The van der Waals surface area contributed by atoms with Gasteiger partial charge >= 0.3 is 0 Å². The Kier molecular flexibility index (Phi) is 7.54. The number of aliphatic hydroxyl groups is 1. The fraction of sp³-hybridized carbons (Fsp3) is 0.455. The van der Waals surface area contributed by atoms with E-state index >= 15 is 0 Å². The molecule has 0 atom stereocenters. The van der Waals surface area contributed by atoms with Crippen LogP contribution in [0.15, 0.2) is 53.7 Å². The summed E-state index contributed by atoms with van der Waals surface area (Å²) in [7, 11) is 0. The molecule has 2 rings (SSSR count). The minimum atomic E-state index is -0.858. The second-order valence-electron chi connectivity index (χ2n) is 7.57. The van der Waals surface area contributed by atoms with Gasteiger partial charge in [0.1, 0.15) is 30.3 Å². The van der Waals surface area contributed by atoms with E-state index in [0.717, 1.165) is 22.6 Å². The van der Waals surface area contributed by atoms with Crippen LogP contribution in [0.3, 0.4) is 0 Å². The van der Waals surface area contributed by atoms with Crippen molar-refractivity contribution in [2.75, 3.05) is 26.4 Å². The molecule has 152 valence electrons. The van der Waals surface area contributed by atoms with Crippen LogP contribution in [0.2, 0.25) is 0 Å². The third-order valence-electron chi connectivity index (χ3n) is 4.34. The fourth-order valence-electron chi connectivity index (χ4n) is 2.51. The summed E-state index contributed by atoms with van der Waals surface area (Å²) in [6.45, 7) is 8.80. The molecule has 2 aromatic rings. The van der Waals surface area contributed by atoms with Gasteiger partial charge in [0.2, 0.25) is 0 Å². The highest BCUT2D eigenvalue weighted by Crippen LogP contribution is 2.26. The summed E-state index contributed by atoms with van der Waals surface area (Å²) >= 11 is 0. The maximum atomic E-state index is 10.8. The lowest BCUT2D eigenvalue weighted by atomic mass is 9.96. The number of nitroso groups, excluding NO2 is 1. The highest BCUT2D eigenvalue weighted by Gasteiger charge is 2.20. The number of hydrogen-bond acceptors (Lipinski definition) is 6. The van der Waals surface area contributed by atoms with Gasteiger partial charge in [0.15, 0.2) is 0 Å². The number of hydrogen-bond donors (Lipinski definition) is 1. The van der Waals surface area contributed by atoms with Crippen LogP contribution >= 0.6 is 0 Å². The van der Waals surface area contributed by atoms with Gasteiger partial charge < -0.3 is 19.3 Å². The number of benzene rings is 2. The Balaban J connectivity index is 1.61. The first-order valence-electron chi connectivity index (χ1n) is 9.34. The Morgan fingerprint density at radius 2 is 1.18 bits per heavy atom. The molecule has 6 nitrogen and oxygen atoms in total. The average Bonchev–Trinajstić information content (AvgIpc) is 2.67. The maximum Gasteiger partial charge on any atom is 0.122 e. The number of rotatable bonds is 11. The smallest absolute Gasteiger partial charge is 0.122 e. The van der Waals surface area contributed by atoms with Gasteiger partial charge in [-0.1, -0.05) is 29.4 Å². The van der Waals surface area contributed by atoms with Crippen molar-refractivity contribution < 1.29 is 19.3 Å². The van der Waals surface area contributed by atoms with Crippen LogP contribution in [0, 0.1) is 4.91 Å². The van der Waals surface area contributed by atoms with Gasteiger partial charge in [0.05, 0.1) is 18.8 Å². The van der Waals surface area contributed by atoms with Crippen LogP contribution in [-0.4, -0.2) is 31.5 Å². The maximum absolute atomic E-state index is 10.8. The predicted molar refractivity (Wildman–Crippen MR) is 109 cm³/mol. The summed E-state index contributed by atoms with van der Waals surface area (Å²) in [4.78, 5) is 10.8. The Hall–Kier alpha value is -2.44. The number of ether oxygens (including phenoxy) is 3. The van der Waals surface area contributed by atoms with Crippen molar-refractivity contribution in [1.82, 2.24) is 0 Å². The molecule has 0 heterocycles. The molecule has 0 saturated heterocycles. The second kappa shape index (κ2) is 9.66. The third kappa shape index (κ3) is 6.62. The van der Waals surface area contributed by atoms with Crippen molar-refractivity contribution >= 4 is 0 Å². The molecule has 6 heteroatoms. The summed E-state index contributed by atoms with van der Waals surface area (Å²) in [5, 5.41) is 13.1. The second-order valence-corrected chi connectivity index (χ2v) is 7.57. The van der Waals surface area contributed by atoms with Gasteiger partial charge in [-0.05, 0) is 63.1 Å². The van der Waals surface area contributed by atoms with Crippen molar-refractivity contribution in [3.63, 3.8) is 0 Å². The van der Waals surface area contributed by atoms with Crippen LogP contribution in [0.5, 0.6) is 11.5 Å². The van der Waals surface area contributed by atoms with Gasteiger partial charge in [0, 0.05) is 0 Å². The van der Waals surface area contributed by atoms with Crippen molar-refractivity contribution in [3.8, 4) is 11.5 Å². The Morgan fingerprint density at radius 3 is 1.57 bits per heavy atom. The van der Waals surface area contributed by atoms with E-state index in [1.54, 1.807) is 27.7 Å². The van der Waals surface area contributed by atoms with Gasteiger partial charge in [-0.2, -0.15) is 0 Å². The van der Waals surface area contributed by atoms with Gasteiger partial charge in [0.25, 0.3) is 0 Å². The first kappa shape index (κ1) is 21.9. The molecule has 0 aliphatic carbocycles. The molecule has 2 aromatic carbocycles. The Morgan fingerprint density at radius 1 is 0.750 bits per heavy atom. The van der Waals surface area contributed by atoms with Gasteiger partial charge in [-0.25, -0.2) is 0 Å². The molecule has 0 aliphatic rings. The zero-order valence-electron chi connectivity index (χ0n) is 17.0. The molecule has 0 spiro atoms. The molecule has 0 unspecified atom stereocenters. The monoisotopic (exact) mass is 387 g/mol. The molecular formula is C22H29NO5. The van der Waals surface area contributed by atoms with E-state index in [1.165, 1.54) is 0 Å². The molecule has 0 radical (unpaired) electrons. The van der Waals surface area contributed by atoms with Gasteiger partial charge in [-0.3, -0.25) is 0 Å². The van der Waals surface area contributed by atoms with Crippen LogP contribution in [0.4, 0.5) is 0 Å². The molecule has 0 aromatic heterocycles. The lowest BCUT2D eigenvalue weighted by Gasteiger charge is -2.18. The van der Waals surface area contributed by atoms with Crippen molar-refractivity contribution in [2.45, 2.75) is 38.8 Å². The predicted octanol–water partition coefficient (Wildman–Crippen LogP) is 4.39. The minimum Gasteiger partial charge on any atom is -0.491 e. The molecule has 0 bridgehead atoms. The van der Waals surface area contributed by atoms with Crippen molar-refractivity contribution in [3.05, 3.63) is 64.6 Å². The van der Waals surface area contributed by atoms with E-state index in [4.69, 9.17) is 14.2 Å². The topological polar surface area (TPSA) is 77.3 Å². The normalized spacial score (nSPS) is 11.9. The average molecular weight is 387 g/mol. The summed E-state index contributed by atoms with van der Waals surface area (Å²) < 4.78 is 16.7. The number of nitrogens with zero attached hydrogens (tertiary/aromatic N) is 1. The summed E-state index contributed by atoms with van der Waals surface area (Å²) in [6, 6.07) is 14.7. The van der Waals surface area contributed by atoms with Crippen molar-refractivity contribution in [1.29, 1.82) is 0 Å². The van der Waals surface area contributed by atoms with Crippen LogP contribution in [-0.2, 0) is 15.9 Å². The lowest BCUT2D eigenvalue weighted by molar-refractivity contribution is 0.0754. The molecule has 28 heavy (non-hydrogen) atoms. The lowest BCUT2D eigenvalue weighted by Crippen LogP contribution is -2.15. The molecule has 0 aliphatic heterocycles. The first-order chi connectivity index (χ1) is 13.2. The summed E-state index contributed by atoms with van der Waals surface area (Å²) in [6.07, 6.45) is 0. The summed E-state index contributed by atoms with van der Waals surface area (Å²) in [5.74, 6) is 1.46. The van der Waals surface area contributed by atoms with Crippen molar-refractivity contribution in [2.24, 2.45) is 5.18 Å². The quantitative estimate of drug-likeness (QED) is 0.457. The van der Waals surface area contributed by atoms with E-state index < -0.39 is 11.1 Å².